The number of halogens is 1. The van der Waals surface area contributed by atoms with Gasteiger partial charge in [-0.1, -0.05) is 11.6 Å². The van der Waals surface area contributed by atoms with Crippen molar-refractivity contribution in [2.45, 2.75) is 0 Å². The maximum absolute atomic E-state index is 5.88. The second-order valence-corrected chi connectivity index (χ2v) is 3.65. The summed E-state index contributed by atoms with van der Waals surface area (Å²) < 4.78 is 2.08. The highest BCUT2D eigenvalue weighted by Crippen LogP contribution is 2.19. The highest BCUT2D eigenvalue weighted by Gasteiger charge is 2.01. The first kappa shape index (κ1) is 8.45. The number of fused-ring (bicyclic) bond motifs is 1. The smallest absolute Gasteiger partial charge is 0.0695 e. The fourth-order valence-corrected chi connectivity index (χ4v) is 1.63. The molecular weight excluding hydrogens is 184 g/mol. The van der Waals surface area contributed by atoms with E-state index in [1.54, 1.807) is 0 Å². The van der Waals surface area contributed by atoms with Crippen molar-refractivity contribution < 1.29 is 0 Å². The molecule has 0 saturated heterocycles. The molecule has 2 aromatic rings. The van der Waals surface area contributed by atoms with Crippen LogP contribution in [0.15, 0.2) is 30.5 Å². The van der Waals surface area contributed by atoms with Crippen LogP contribution in [-0.2, 0) is 0 Å². The summed E-state index contributed by atoms with van der Waals surface area (Å²) in [7, 11) is 4.02. The van der Waals surface area contributed by atoms with Crippen molar-refractivity contribution in [3.05, 3.63) is 35.5 Å². The Bertz CT molecular complexity index is 431. The summed E-state index contributed by atoms with van der Waals surface area (Å²) in [5.41, 5.74) is 1.18. The van der Waals surface area contributed by atoms with E-state index < -0.39 is 0 Å². The minimum Gasteiger partial charge on any atom is -0.319 e. The molecule has 13 heavy (non-hydrogen) atoms. The van der Waals surface area contributed by atoms with E-state index in [0.717, 1.165) is 5.02 Å². The van der Waals surface area contributed by atoms with Gasteiger partial charge in [0.25, 0.3) is 0 Å². The summed E-state index contributed by atoms with van der Waals surface area (Å²) in [5, 5.41) is 3.97. The van der Waals surface area contributed by atoms with Crippen LogP contribution in [0.4, 0.5) is 0 Å². The Hall–Kier alpha value is -1.15. The molecule has 2 nitrogen and oxygen atoms in total. The van der Waals surface area contributed by atoms with Crippen molar-refractivity contribution in [1.29, 1.82) is 0 Å². The lowest BCUT2D eigenvalue weighted by atomic mass is 10.2. The zero-order chi connectivity index (χ0) is 9.42. The normalized spacial score (nSPS) is 10.7. The number of rotatable bonds is 1. The number of aromatic nitrogens is 1. The van der Waals surface area contributed by atoms with Crippen molar-refractivity contribution >= 4 is 22.5 Å². The number of hydrogen-bond acceptors (Lipinski definition) is 1. The van der Waals surface area contributed by atoms with Crippen molar-refractivity contribution in [3.8, 4) is 0 Å². The van der Waals surface area contributed by atoms with E-state index in [9.17, 15) is 0 Å². The molecule has 1 heterocycles. The Balaban J connectivity index is 2.69. The number of benzene rings is 1. The van der Waals surface area contributed by atoms with E-state index in [1.165, 1.54) is 10.9 Å². The molecular formula is C10H11ClN2. The van der Waals surface area contributed by atoms with Crippen LogP contribution in [0.5, 0.6) is 0 Å². The Morgan fingerprint density at radius 2 is 2.00 bits per heavy atom. The van der Waals surface area contributed by atoms with Crippen molar-refractivity contribution in [2.75, 3.05) is 19.1 Å². The first-order valence-corrected chi connectivity index (χ1v) is 4.50. The van der Waals surface area contributed by atoms with E-state index in [1.807, 2.05) is 43.5 Å². The quantitative estimate of drug-likeness (QED) is 0.677. The number of hydrogen-bond donors (Lipinski definition) is 0. The molecule has 0 radical (unpaired) electrons. The maximum Gasteiger partial charge on any atom is 0.0695 e. The molecule has 0 atom stereocenters. The summed E-state index contributed by atoms with van der Waals surface area (Å²) in [5.74, 6) is 0. The highest BCUT2D eigenvalue weighted by molar-refractivity contribution is 6.31. The molecule has 1 aromatic heterocycles. The van der Waals surface area contributed by atoms with Crippen molar-refractivity contribution in [2.24, 2.45) is 0 Å². The van der Waals surface area contributed by atoms with Gasteiger partial charge in [-0.3, -0.25) is 4.68 Å². The van der Waals surface area contributed by atoms with E-state index >= 15 is 0 Å². The molecule has 68 valence electrons. The predicted octanol–water partition coefficient (Wildman–Crippen LogP) is 2.49. The molecule has 3 heteroatoms. The van der Waals surface area contributed by atoms with E-state index in [0.29, 0.717) is 0 Å². The molecule has 0 unspecified atom stereocenters. The van der Waals surface area contributed by atoms with Crippen LogP contribution in [-0.4, -0.2) is 18.8 Å². The fraction of sp³-hybridized carbons (Fsp3) is 0.200. The monoisotopic (exact) mass is 194 g/mol. The minimum absolute atomic E-state index is 0.781. The molecule has 0 aliphatic heterocycles. The Kier molecular flexibility index (Phi) is 1.93. The zero-order valence-corrected chi connectivity index (χ0v) is 8.42. The predicted molar refractivity (Wildman–Crippen MR) is 57.0 cm³/mol. The van der Waals surface area contributed by atoms with Crippen molar-refractivity contribution in [3.63, 3.8) is 0 Å². The lowest BCUT2D eigenvalue weighted by Crippen LogP contribution is -2.23. The molecule has 0 amide bonds. The van der Waals surface area contributed by atoms with Gasteiger partial charge in [-0.2, -0.15) is 0 Å². The maximum atomic E-state index is 5.88. The van der Waals surface area contributed by atoms with E-state index in [4.69, 9.17) is 11.6 Å². The molecule has 0 fully saturated rings. The van der Waals surface area contributed by atoms with Crippen LogP contribution >= 0.6 is 11.6 Å². The summed E-state index contributed by atoms with van der Waals surface area (Å²) >= 11 is 5.88. The lowest BCUT2D eigenvalue weighted by Gasteiger charge is -2.15. The highest BCUT2D eigenvalue weighted by atomic mass is 35.5. The van der Waals surface area contributed by atoms with Gasteiger partial charge in [0.2, 0.25) is 0 Å². The minimum atomic E-state index is 0.781. The molecule has 0 bridgehead atoms. The van der Waals surface area contributed by atoms with Crippen LogP contribution in [0.3, 0.4) is 0 Å². The SMILES string of the molecule is CN(C)n1ccc2cc(Cl)ccc21. The standard InChI is InChI=1S/C10H11ClN2/c1-12(2)13-6-5-8-7-9(11)3-4-10(8)13/h3-7H,1-2H3. The van der Waals surface area contributed by atoms with Crippen LogP contribution in [0.25, 0.3) is 10.9 Å². The molecule has 0 aliphatic rings. The third kappa shape index (κ3) is 1.38. The summed E-state index contributed by atoms with van der Waals surface area (Å²) in [6.45, 7) is 0. The molecule has 0 spiro atoms. The molecule has 2 rings (SSSR count). The van der Waals surface area contributed by atoms with Gasteiger partial charge in [-0.25, -0.2) is 0 Å². The first-order valence-electron chi connectivity index (χ1n) is 4.13. The third-order valence-corrected chi connectivity index (χ3v) is 2.30. The van der Waals surface area contributed by atoms with Gasteiger partial charge in [0.1, 0.15) is 0 Å². The van der Waals surface area contributed by atoms with Crippen LogP contribution < -0.4 is 5.01 Å². The zero-order valence-electron chi connectivity index (χ0n) is 7.66. The summed E-state index contributed by atoms with van der Waals surface area (Å²) in [4.78, 5) is 0. The second kappa shape index (κ2) is 2.96. The van der Waals surface area contributed by atoms with Crippen LogP contribution in [0.2, 0.25) is 5.02 Å². The van der Waals surface area contributed by atoms with Crippen LogP contribution in [0.1, 0.15) is 0 Å². The largest absolute Gasteiger partial charge is 0.319 e. The number of nitrogens with zero attached hydrogens (tertiary/aromatic N) is 2. The average Bonchev–Trinajstić information content (AvgIpc) is 2.46. The Morgan fingerprint density at radius 1 is 1.23 bits per heavy atom. The third-order valence-electron chi connectivity index (χ3n) is 2.06. The van der Waals surface area contributed by atoms with Gasteiger partial charge in [0, 0.05) is 30.7 Å². The topological polar surface area (TPSA) is 8.17 Å². The first-order chi connectivity index (χ1) is 6.18. The Morgan fingerprint density at radius 3 is 2.69 bits per heavy atom. The molecule has 0 aliphatic carbocycles. The summed E-state index contributed by atoms with van der Waals surface area (Å²) in [6, 6.07) is 7.96. The van der Waals surface area contributed by atoms with E-state index in [-0.39, 0.29) is 0 Å². The average molecular weight is 195 g/mol. The van der Waals surface area contributed by atoms with Gasteiger partial charge in [0.05, 0.1) is 5.52 Å². The van der Waals surface area contributed by atoms with Gasteiger partial charge in [-0.05, 0) is 24.3 Å². The van der Waals surface area contributed by atoms with E-state index in [2.05, 4.69) is 10.7 Å². The molecule has 1 aromatic carbocycles. The lowest BCUT2D eigenvalue weighted by molar-refractivity contribution is 0.762. The molecule has 0 saturated carbocycles. The van der Waals surface area contributed by atoms with Crippen LogP contribution in [0, 0.1) is 0 Å². The van der Waals surface area contributed by atoms with Gasteiger partial charge in [-0.15, -0.1) is 0 Å². The second-order valence-electron chi connectivity index (χ2n) is 3.21. The molecule has 0 N–H and O–H groups in total. The van der Waals surface area contributed by atoms with Gasteiger partial charge < -0.3 is 5.01 Å². The fourth-order valence-electron chi connectivity index (χ4n) is 1.45. The summed E-state index contributed by atoms with van der Waals surface area (Å²) in [6.07, 6.45) is 2.03. The Labute approximate surface area is 82.3 Å². The van der Waals surface area contributed by atoms with Crippen molar-refractivity contribution in [1.82, 2.24) is 4.68 Å². The van der Waals surface area contributed by atoms with Gasteiger partial charge in [0.15, 0.2) is 0 Å². The van der Waals surface area contributed by atoms with Gasteiger partial charge >= 0.3 is 0 Å².